The Balaban J connectivity index is 2.06. The molecule has 1 N–H and O–H groups in total. The van der Waals surface area contributed by atoms with Crippen molar-refractivity contribution < 1.29 is 14.6 Å². The number of aromatic hydroxyl groups is 1. The van der Waals surface area contributed by atoms with Crippen molar-refractivity contribution in [3.8, 4) is 5.75 Å². The highest BCUT2D eigenvalue weighted by atomic mass is 16.5. The fraction of sp³-hybridized carbons (Fsp3) is 0.774. The topological polar surface area (TPSA) is 46.5 Å². The van der Waals surface area contributed by atoms with E-state index in [4.69, 9.17) is 4.74 Å². The second-order valence-electron chi connectivity index (χ2n) is 10.4. The van der Waals surface area contributed by atoms with Crippen LogP contribution < -0.4 is 0 Å². The van der Waals surface area contributed by atoms with Crippen molar-refractivity contribution in [1.82, 2.24) is 0 Å². The molecule has 0 aliphatic heterocycles. The Bertz CT molecular complexity index is 610. The quantitative estimate of drug-likeness (QED) is 0.134. The molecule has 1 rings (SSSR count). The summed E-state index contributed by atoms with van der Waals surface area (Å²) >= 11 is 0. The van der Waals surface area contributed by atoms with Crippen molar-refractivity contribution in [3.63, 3.8) is 0 Å². The zero-order valence-electron chi connectivity index (χ0n) is 22.7. The minimum atomic E-state index is -0.640. The first-order valence-electron chi connectivity index (χ1n) is 14.5. The van der Waals surface area contributed by atoms with Crippen LogP contribution in [-0.4, -0.2) is 17.7 Å². The Hall–Kier alpha value is -1.51. The van der Waals surface area contributed by atoms with Gasteiger partial charge in [0.25, 0.3) is 0 Å². The Morgan fingerprint density at radius 1 is 0.676 bits per heavy atom. The lowest BCUT2D eigenvalue weighted by atomic mass is 9.78. The van der Waals surface area contributed by atoms with Crippen molar-refractivity contribution in [1.29, 1.82) is 0 Å². The molecule has 0 radical (unpaired) electrons. The first-order valence-corrected chi connectivity index (χ1v) is 14.5. The molecule has 0 saturated carbocycles. The number of phenolic OH excluding ortho intramolecular Hbond substituents is 1. The molecular formula is C31H54O3. The van der Waals surface area contributed by atoms with E-state index in [9.17, 15) is 9.90 Å². The van der Waals surface area contributed by atoms with Gasteiger partial charge in [-0.1, -0.05) is 135 Å². The standard InChI is InChI=1S/C31H54O3/c1-4-6-8-9-10-11-12-13-14-15-16-17-18-19-20-21-27-34-30(33)31(3,26-7-5-2)28-22-24-29(32)25-23-28/h22-25,32H,4-21,26-27H2,1-3H3. The highest BCUT2D eigenvalue weighted by Gasteiger charge is 2.36. The molecule has 0 heterocycles. The van der Waals surface area contributed by atoms with Gasteiger partial charge in [0.05, 0.1) is 12.0 Å². The third-order valence-electron chi connectivity index (χ3n) is 7.22. The number of rotatable bonds is 22. The van der Waals surface area contributed by atoms with Crippen molar-refractivity contribution in [2.75, 3.05) is 6.61 Å². The van der Waals surface area contributed by atoms with Gasteiger partial charge in [-0.2, -0.15) is 0 Å². The number of ether oxygens (including phenoxy) is 1. The third-order valence-corrected chi connectivity index (χ3v) is 7.22. The predicted molar refractivity (Wildman–Crippen MR) is 145 cm³/mol. The summed E-state index contributed by atoms with van der Waals surface area (Å²) in [5.41, 5.74) is 0.286. The van der Waals surface area contributed by atoms with E-state index in [1.165, 1.54) is 89.9 Å². The van der Waals surface area contributed by atoms with Crippen LogP contribution in [0.4, 0.5) is 0 Å². The summed E-state index contributed by atoms with van der Waals surface area (Å²) in [4.78, 5) is 12.9. The SMILES string of the molecule is CCCCCCCCCCCCCCCCCCOC(=O)C(C)(CCCC)c1ccc(O)cc1. The summed E-state index contributed by atoms with van der Waals surface area (Å²) in [5, 5.41) is 9.59. The zero-order valence-corrected chi connectivity index (χ0v) is 22.7. The van der Waals surface area contributed by atoms with E-state index in [0.29, 0.717) is 6.61 Å². The fourth-order valence-corrected chi connectivity index (χ4v) is 4.70. The van der Waals surface area contributed by atoms with Gasteiger partial charge in [-0.25, -0.2) is 0 Å². The molecule has 1 atom stereocenters. The number of esters is 1. The molecule has 0 bridgehead atoms. The van der Waals surface area contributed by atoms with Crippen LogP contribution in [0.1, 0.15) is 148 Å². The minimum Gasteiger partial charge on any atom is -0.508 e. The lowest BCUT2D eigenvalue weighted by Crippen LogP contribution is -2.34. The Labute approximate surface area is 211 Å². The minimum absolute atomic E-state index is 0.132. The first-order chi connectivity index (χ1) is 16.5. The maximum Gasteiger partial charge on any atom is 0.316 e. The molecule has 0 aliphatic rings. The maximum absolute atomic E-state index is 12.9. The van der Waals surface area contributed by atoms with Gasteiger partial charge in [-0.15, -0.1) is 0 Å². The average Bonchev–Trinajstić information content (AvgIpc) is 2.84. The molecule has 0 amide bonds. The predicted octanol–water partition coefficient (Wildman–Crippen LogP) is 9.64. The Morgan fingerprint density at radius 3 is 1.53 bits per heavy atom. The molecule has 34 heavy (non-hydrogen) atoms. The summed E-state index contributed by atoms with van der Waals surface area (Å²) in [5.74, 6) is 0.0933. The van der Waals surface area contributed by atoms with Crippen LogP contribution >= 0.6 is 0 Å². The molecule has 1 aromatic rings. The number of hydrogen-bond acceptors (Lipinski definition) is 3. The van der Waals surface area contributed by atoms with Crippen LogP contribution in [0.15, 0.2) is 24.3 Å². The van der Waals surface area contributed by atoms with Crippen LogP contribution in [0.25, 0.3) is 0 Å². The van der Waals surface area contributed by atoms with Gasteiger partial charge in [-0.3, -0.25) is 4.79 Å². The van der Waals surface area contributed by atoms with Crippen molar-refractivity contribution in [3.05, 3.63) is 29.8 Å². The number of carbonyl (C=O) groups is 1. The van der Waals surface area contributed by atoms with E-state index in [1.807, 2.05) is 19.1 Å². The van der Waals surface area contributed by atoms with Gasteiger partial charge in [0.1, 0.15) is 5.75 Å². The summed E-state index contributed by atoms with van der Waals surface area (Å²) < 4.78 is 5.71. The first kappa shape index (κ1) is 30.5. The lowest BCUT2D eigenvalue weighted by Gasteiger charge is -2.28. The largest absolute Gasteiger partial charge is 0.508 e. The van der Waals surface area contributed by atoms with E-state index in [0.717, 1.165) is 37.7 Å². The lowest BCUT2D eigenvalue weighted by molar-refractivity contribution is -0.150. The molecule has 1 unspecified atom stereocenters. The molecule has 196 valence electrons. The molecule has 0 aromatic heterocycles. The molecule has 0 aliphatic carbocycles. The number of phenols is 1. The highest BCUT2D eigenvalue weighted by molar-refractivity contribution is 5.82. The van der Waals surface area contributed by atoms with Crippen LogP contribution in [0.3, 0.4) is 0 Å². The van der Waals surface area contributed by atoms with Crippen molar-refractivity contribution in [2.24, 2.45) is 0 Å². The van der Waals surface area contributed by atoms with E-state index < -0.39 is 5.41 Å². The van der Waals surface area contributed by atoms with E-state index in [-0.39, 0.29) is 11.7 Å². The van der Waals surface area contributed by atoms with Crippen LogP contribution in [0.5, 0.6) is 5.75 Å². The van der Waals surface area contributed by atoms with Gasteiger partial charge in [0.2, 0.25) is 0 Å². The number of unbranched alkanes of at least 4 members (excludes halogenated alkanes) is 16. The second-order valence-corrected chi connectivity index (χ2v) is 10.4. The average molecular weight is 475 g/mol. The van der Waals surface area contributed by atoms with Crippen LogP contribution in [0.2, 0.25) is 0 Å². The van der Waals surface area contributed by atoms with Gasteiger partial charge < -0.3 is 9.84 Å². The molecular weight excluding hydrogens is 420 g/mol. The zero-order chi connectivity index (χ0) is 24.9. The molecule has 0 fully saturated rings. The summed E-state index contributed by atoms with van der Waals surface area (Å²) in [6.07, 6.45) is 24.2. The third kappa shape index (κ3) is 13.4. The summed E-state index contributed by atoms with van der Waals surface area (Å²) in [6, 6.07) is 7.01. The van der Waals surface area contributed by atoms with Gasteiger partial charge >= 0.3 is 5.97 Å². The molecule has 0 saturated heterocycles. The van der Waals surface area contributed by atoms with Crippen molar-refractivity contribution >= 4 is 5.97 Å². The van der Waals surface area contributed by atoms with E-state index in [1.54, 1.807) is 12.1 Å². The number of hydrogen-bond donors (Lipinski definition) is 1. The summed E-state index contributed by atoms with van der Waals surface area (Å²) in [6.45, 7) is 6.91. The van der Waals surface area contributed by atoms with Gasteiger partial charge in [0, 0.05) is 0 Å². The Morgan fingerprint density at radius 2 is 1.09 bits per heavy atom. The van der Waals surface area contributed by atoms with E-state index in [2.05, 4.69) is 13.8 Å². The normalized spacial score (nSPS) is 13.0. The van der Waals surface area contributed by atoms with Gasteiger partial charge in [0.15, 0.2) is 0 Å². The van der Waals surface area contributed by atoms with Crippen LogP contribution in [-0.2, 0) is 14.9 Å². The van der Waals surface area contributed by atoms with Crippen LogP contribution in [0, 0.1) is 0 Å². The Kier molecular flexibility index (Phi) is 17.7. The monoisotopic (exact) mass is 474 g/mol. The molecule has 3 nitrogen and oxygen atoms in total. The van der Waals surface area contributed by atoms with Crippen molar-refractivity contribution in [2.45, 2.75) is 148 Å². The molecule has 3 heteroatoms. The van der Waals surface area contributed by atoms with E-state index >= 15 is 0 Å². The fourth-order valence-electron chi connectivity index (χ4n) is 4.70. The summed E-state index contributed by atoms with van der Waals surface area (Å²) in [7, 11) is 0. The second kappa shape index (κ2) is 19.8. The number of benzene rings is 1. The smallest absolute Gasteiger partial charge is 0.316 e. The molecule has 0 spiro atoms. The van der Waals surface area contributed by atoms with Gasteiger partial charge in [-0.05, 0) is 37.5 Å². The number of carbonyl (C=O) groups excluding carboxylic acids is 1. The highest BCUT2D eigenvalue weighted by Crippen LogP contribution is 2.32. The maximum atomic E-state index is 12.9. The molecule has 1 aromatic carbocycles.